The normalized spacial score (nSPS) is 11.7. The highest BCUT2D eigenvalue weighted by atomic mass is 79.9. The van der Waals surface area contributed by atoms with Crippen molar-refractivity contribution in [1.29, 1.82) is 0 Å². The van der Waals surface area contributed by atoms with Gasteiger partial charge in [0, 0.05) is 10.6 Å². The first-order valence-corrected chi connectivity index (χ1v) is 7.43. The van der Waals surface area contributed by atoms with Crippen molar-refractivity contribution in [2.24, 2.45) is 0 Å². The van der Waals surface area contributed by atoms with Crippen LogP contribution in [-0.4, -0.2) is 17.1 Å². The number of benzene rings is 1. The summed E-state index contributed by atoms with van der Waals surface area (Å²) in [5, 5.41) is 15.7. The Morgan fingerprint density at radius 3 is 2.67 bits per heavy atom. The number of rotatable bonds is 4. The van der Waals surface area contributed by atoms with Crippen LogP contribution in [0.1, 0.15) is 10.9 Å². The van der Waals surface area contributed by atoms with E-state index in [4.69, 9.17) is 5.11 Å². The highest BCUT2D eigenvalue weighted by Crippen LogP contribution is 2.21. The molecule has 1 aromatic carbocycles. The van der Waals surface area contributed by atoms with Crippen molar-refractivity contribution in [3.63, 3.8) is 0 Å². The second-order valence-corrected chi connectivity index (χ2v) is 5.85. The molecule has 0 radical (unpaired) electrons. The second-order valence-electron chi connectivity index (χ2n) is 4.01. The van der Waals surface area contributed by atoms with Crippen LogP contribution in [0.15, 0.2) is 40.2 Å². The van der Waals surface area contributed by atoms with Gasteiger partial charge in [0.15, 0.2) is 6.04 Å². The fraction of sp³-hybridized carbons (Fsp3) is 0.0769. The first-order valence-electron chi connectivity index (χ1n) is 5.76. The molecule has 2 aromatic rings. The Kier molecular flexibility index (Phi) is 4.92. The van der Waals surface area contributed by atoms with Crippen LogP contribution in [0.2, 0.25) is 0 Å². The zero-order valence-electron chi connectivity index (χ0n) is 10.5. The molecule has 0 saturated carbocycles. The van der Waals surface area contributed by atoms with E-state index in [1.807, 2.05) is 0 Å². The fourth-order valence-corrected chi connectivity index (χ4v) is 2.73. The third kappa shape index (κ3) is 4.02. The van der Waals surface area contributed by atoms with Crippen molar-refractivity contribution in [2.75, 3.05) is 5.32 Å². The highest BCUT2D eigenvalue weighted by molar-refractivity contribution is 9.10. The van der Waals surface area contributed by atoms with Gasteiger partial charge >= 0.3 is 12.0 Å². The molecule has 3 N–H and O–H groups in total. The van der Waals surface area contributed by atoms with Gasteiger partial charge in [-0.15, -0.1) is 11.3 Å². The third-order valence-electron chi connectivity index (χ3n) is 2.53. The van der Waals surface area contributed by atoms with E-state index >= 15 is 0 Å². The summed E-state index contributed by atoms with van der Waals surface area (Å²) in [6.07, 6.45) is 0. The molecule has 0 aliphatic heterocycles. The maximum atomic E-state index is 13.1. The van der Waals surface area contributed by atoms with Crippen molar-refractivity contribution in [1.82, 2.24) is 5.32 Å². The minimum Gasteiger partial charge on any atom is -0.479 e. The molecule has 0 bridgehead atoms. The summed E-state index contributed by atoms with van der Waals surface area (Å²) >= 11 is 4.23. The SMILES string of the molecule is O=C(Nc1ccc(F)c(Br)c1)NC(C(=O)O)c1cccs1. The van der Waals surface area contributed by atoms with Crippen molar-refractivity contribution in [3.8, 4) is 0 Å². The number of carboxylic acid groups (broad SMARTS) is 1. The van der Waals surface area contributed by atoms with Gasteiger partial charge in [0.1, 0.15) is 5.82 Å². The molecule has 2 amide bonds. The number of carbonyl (C=O) groups excluding carboxylic acids is 1. The second kappa shape index (κ2) is 6.68. The fourth-order valence-electron chi connectivity index (χ4n) is 1.58. The monoisotopic (exact) mass is 372 g/mol. The molecule has 0 saturated heterocycles. The van der Waals surface area contributed by atoms with Crippen LogP contribution in [0, 0.1) is 5.82 Å². The minimum absolute atomic E-state index is 0.202. The largest absolute Gasteiger partial charge is 0.479 e. The Hall–Kier alpha value is -1.93. The van der Waals surface area contributed by atoms with Gasteiger partial charge in [-0.2, -0.15) is 0 Å². The molecule has 1 heterocycles. The smallest absolute Gasteiger partial charge is 0.331 e. The lowest BCUT2D eigenvalue weighted by atomic mass is 10.2. The molecule has 0 fully saturated rings. The van der Waals surface area contributed by atoms with Crippen molar-refractivity contribution in [3.05, 3.63) is 50.9 Å². The molecule has 5 nitrogen and oxygen atoms in total. The maximum absolute atomic E-state index is 13.1. The number of aliphatic carboxylic acids is 1. The lowest BCUT2D eigenvalue weighted by Crippen LogP contribution is -2.36. The molecule has 110 valence electrons. The molecule has 8 heteroatoms. The Morgan fingerprint density at radius 1 is 1.33 bits per heavy atom. The van der Waals surface area contributed by atoms with E-state index < -0.39 is 23.9 Å². The van der Waals surface area contributed by atoms with Gasteiger partial charge in [0.05, 0.1) is 4.47 Å². The number of hydrogen-bond acceptors (Lipinski definition) is 3. The number of halogens is 2. The van der Waals surface area contributed by atoms with Crippen molar-refractivity contribution >= 4 is 45.0 Å². The lowest BCUT2D eigenvalue weighted by molar-refractivity contribution is -0.139. The van der Waals surface area contributed by atoms with E-state index in [-0.39, 0.29) is 4.47 Å². The molecule has 1 unspecified atom stereocenters. The summed E-state index contributed by atoms with van der Waals surface area (Å²) in [7, 11) is 0. The van der Waals surface area contributed by atoms with E-state index in [2.05, 4.69) is 26.6 Å². The number of amides is 2. The number of anilines is 1. The molecule has 0 aliphatic rings. The summed E-state index contributed by atoms with van der Waals surface area (Å²) in [5.41, 5.74) is 0.344. The standard InChI is InChI=1S/C13H10BrFN2O3S/c14-8-6-7(3-4-9(8)15)16-13(20)17-11(12(18)19)10-2-1-5-21-10/h1-6,11H,(H,18,19)(H2,16,17,20). The lowest BCUT2D eigenvalue weighted by Gasteiger charge is -2.14. The number of urea groups is 1. The van der Waals surface area contributed by atoms with Crippen LogP contribution in [0.4, 0.5) is 14.9 Å². The van der Waals surface area contributed by atoms with Gasteiger partial charge in [-0.1, -0.05) is 6.07 Å². The zero-order chi connectivity index (χ0) is 15.4. The summed E-state index contributed by atoms with van der Waals surface area (Å²) in [6, 6.07) is 5.46. The van der Waals surface area contributed by atoms with E-state index in [9.17, 15) is 14.0 Å². The van der Waals surface area contributed by atoms with Crippen molar-refractivity contribution < 1.29 is 19.1 Å². The van der Waals surface area contributed by atoms with Crippen LogP contribution in [0.5, 0.6) is 0 Å². The summed E-state index contributed by atoms with van der Waals surface area (Å²) in [4.78, 5) is 23.5. The minimum atomic E-state index is -1.16. The average Bonchev–Trinajstić information content (AvgIpc) is 2.93. The highest BCUT2D eigenvalue weighted by Gasteiger charge is 2.23. The molecule has 21 heavy (non-hydrogen) atoms. The van der Waals surface area contributed by atoms with Gasteiger partial charge in [-0.3, -0.25) is 0 Å². The Morgan fingerprint density at radius 2 is 2.10 bits per heavy atom. The zero-order valence-corrected chi connectivity index (χ0v) is 12.9. The predicted molar refractivity (Wildman–Crippen MR) is 81.0 cm³/mol. The van der Waals surface area contributed by atoms with Gasteiger partial charge in [-0.25, -0.2) is 14.0 Å². The predicted octanol–water partition coefficient (Wildman–Crippen LogP) is 3.60. The van der Waals surface area contributed by atoms with Gasteiger partial charge in [-0.05, 0) is 45.6 Å². The summed E-state index contributed by atoms with van der Waals surface area (Å²) < 4.78 is 13.3. The van der Waals surface area contributed by atoms with Crippen LogP contribution >= 0.6 is 27.3 Å². The first-order chi connectivity index (χ1) is 9.97. The number of carbonyl (C=O) groups is 2. The number of nitrogens with one attached hydrogen (secondary N) is 2. The summed E-state index contributed by atoms with van der Waals surface area (Å²) in [6.45, 7) is 0. The molecular weight excluding hydrogens is 363 g/mol. The Labute approximate surface area is 131 Å². The average molecular weight is 373 g/mol. The van der Waals surface area contributed by atoms with E-state index in [0.717, 1.165) is 0 Å². The van der Waals surface area contributed by atoms with E-state index in [1.165, 1.54) is 29.5 Å². The summed E-state index contributed by atoms with van der Waals surface area (Å²) in [5.74, 6) is -1.61. The molecular formula is C13H10BrFN2O3S. The Bertz CT molecular complexity index is 663. The van der Waals surface area contributed by atoms with Crippen LogP contribution in [-0.2, 0) is 4.79 Å². The van der Waals surface area contributed by atoms with Crippen LogP contribution in [0.25, 0.3) is 0 Å². The van der Waals surface area contributed by atoms with E-state index in [1.54, 1.807) is 17.5 Å². The van der Waals surface area contributed by atoms with Gasteiger partial charge < -0.3 is 15.7 Å². The Balaban J connectivity index is 2.06. The van der Waals surface area contributed by atoms with Gasteiger partial charge in [0.2, 0.25) is 0 Å². The molecule has 0 aliphatic carbocycles. The molecule has 1 aromatic heterocycles. The van der Waals surface area contributed by atoms with Crippen LogP contribution < -0.4 is 10.6 Å². The molecule has 0 spiro atoms. The number of carboxylic acids is 1. The molecule has 1 atom stereocenters. The van der Waals surface area contributed by atoms with Crippen LogP contribution in [0.3, 0.4) is 0 Å². The van der Waals surface area contributed by atoms with E-state index in [0.29, 0.717) is 10.6 Å². The quantitative estimate of drug-likeness (QED) is 0.766. The number of hydrogen-bond donors (Lipinski definition) is 3. The third-order valence-corrected chi connectivity index (χ3v) is 4.07. The first kappa shape index (κ1) is 15.5. The topological polar surface area (TPSA) is 78.4 Å². The number of thiophene rings is 1. The molecule has 2 rings (SSSR count). The van der Waals surface area contributed by atoms with Gasteiger partial charge in [0.25, 0.3) is 0 Å². The van der Waals surface area contributed by atoms with Crippen molar-refractivity contribution in [2.45, 2.75) is 6.04 Å². The maximum Gasteiger partial charge on any atom is 0.331 e.